The van der Waals surface area contributed by atoms with Crippen LogP contribution in [0.3, 0.4) is 0 Å². The molecule has 0 bridgehead atoms. The van der Waals surface area contributed by atoms with Crippen molar-refractivity contribution >= 4 is 41.1 Å². The van der Waals surface area contributed by atoms with Crippen molar-refractivity contribution in [3.63, 3.8) is 0 Å². The lowest BCUT2D eigenvalue weighted by Crippen LogP contribution is -2.60. The van der Waals surface area contributed by atoms with E-state index in [0.29, 0.717) is 57.3 Å². The van der Waals surface area contributed by atoms with Gasteiger partial charge in [0, 0.05) is 57.6 Å². The van der Waals surface area contributed by atoms with Gasteiger partial charge in [-0.1, -0.05) is 0 Å². The van der Waals surface area contributed by atoms with Crippen molar-refractivity contribution in [2.45, 2.75) is 26.3 Å². The Morgan fingerprint density at radius 2 is 1.63 bits per heavy atom. The Morgan fingerprint density at radius 3 is 2.23 bits per heavy atom. The summed E-state index contributed by atoms with van der Waals surface area (Å²) in [6.45, 7) is 6.16. The van der Waals surface area contributed by atoms with Crippen LogP contribution in [-0.2, 0) is 23.9 Å². The van der Waals surface area contributed by atoms with Crippen molar-refractivity contribution in [1.29, 1.82) is 0 Å². The summed E-state index contributed by atoms with van der Waals surface area (Å²) in [7, 11) is 0. The molecule has 12 heteroatoms. The molecule has 2 heterocycles. The van der Waals surface area contributed by atoms with Crippen LogP contribution in [0.15, 0.2) is 24.3 Å². The van der Waals surface area contributed by atoms with Crippen molar-refractivity contribution < 1.29 is 28.7 Å². The number of benzene rings is 1. The third-order valence-electron chi connectivity index (χ3n) is 5.78. The lowest BCUT2D eigenvalue weighted by atomic mass is 10.1. The molecule has 2 aliphatic rings. The van der Waals surface area contributed by atoms with Gasteiger partial charge in [0.15, 0.2) is 0 Å². The first-order valence-corrected chi connectivity index (χ1v) is 11.7. The zero-order valence-corrected chi connectivity index (χ0v) is 20.0. The highest BCUT2D eigenvalue weighted by Gasteiger charge is 2.35. The number of rotatable bonds is 7. The second kappa shape index (κ2) is 12.2. The number of amides is 5. The van der Waals surface area contributed by atoms with Crippen molar-refractivity contribution in [1.82, 2.24) is 20.0 Å². The Bertz CT molecular complexity index is 944. The molecule has 5 amide bonds. The summed E-state index contributed by atoms with van der Waals surface area (Å²) in [6, 6.07) is 5.69. The number of piperazine rings is 2. The quantitative estimate of drug-likeness (QED) is 0.494. The van der Waals surface area contributed by atoms with Gasteiger partial charge >= 0.3 is 6.09 Å². The average molecular weight is 489 g/mol. The maximum Gasteiger partial charge on any atom is 0.409 e. The fourth-order valence-corrected chi connectivity index (χ4v) is 4.03. The lowest BCUT2D eigenvalue weighted by Gasteiger charge is -2.38. The molecule has 0 saturated carbocycles. The Morgan fingerprint density at radius 1 is 1.00 bits per heavy atom. The summed E-state index contributed by atoms with van der Waals surface area (Å²) >= 11 is 0. The zero-order valence-electron chi connectivity index (χ0n) is 20.0. The standard InChI is InChI=1S/C23H32N6O6/c1-3-35-23(34)28-12-10-27(11-13-28)15-21(32)29-9-8-24-22(33)19(29)14-20(31)26-18-6-4-17(5-7-18)25-16(2)30/h4-7,19H,3,8-15H2,1-2H3,(H,24,33)(H,25,30)(H,26,31)/t19-/m0/s1. The third kappa shape index (κ3) is 7.41. The number of nitrogens with zero attached hydrogens (tertiary/aromatic N) is 3. The highest BCUT2D eigenvalue weighted by Crippen LogP contribution is 2.16. The zero-order chi connectivity index (χ0) is 25.4. The molecule has 2 aliphatic heterocycles. The van der Waals surface area contributed by atoms with Crippen LogP contribution in [0.1, 0.15) is 20.3 Å². The van der Waals surface area contributed by atoms with Gasteiger partial charge < -0.3 is 30.5 Å². The maximum atomic E-state index is 13.0. The van der Waals surface area contributed by atoms with E-state index in [0.717, 1.165) is 0 Å². The monoisotopic (exact) mass is 488 g/mol. The van der Waals surface area contributed by atoms with E-state index in [1.165, 1.54) is 11.8 Å². The molecule has 0 unspecified atom stereocenters. The van der Waals surface area contributed by atoms with Gasteiger partial charge in [-0.15, -0.1) is 0 Å². The molecule has 1 aromatic carbocycles. The van der Waals surface area contributed by atoms with E-state index in [1.807, 2.05) is 4.90 Å². The van der Waals surface area contributed by atoms with Crippen molar-refractivity contribution in [3.05, 3.63) is 24.3 Å². The molecular weight excluding hydrogens is 456 g/mol. The topological polar surface area (TPSA) is 140 Å². The number of anilines is 2. The minimum absolute atomic E-state index is 0.104. The van der Waals surface area contributed by atoms with Gasteiger partial charge in [-0.2, -0.15) is 0 Å². The summed E-state index contributed by atoms with van der Waals surface area (Å²) in [5, 5.41) is 8.09. The molecule has 0 spiro atoms. The van der Waals surface area contributed by atoms with Gasteiger partial charge in [0.25, 0.3) is 0 Å². The van der Waals surface area contributed by atoms with Crippen molar-refractivity contribution in [2.24, 2.45) is 0 Å². The molecule has 35 heavy (non-hydrogen) atoms. The largest absolute Gasteiger partial charge is 0.450 e. The van der Waals surface area contributed by atoms with Crippen LogP contribution in [0.25, 0.3) is 0 Å². The van der Waals surface area contributed by atoms with E-state index in [2.05, 4.69) is 16.0 Å². The van der Waals surface area contributed by atoms with Gasteiger partial charge in [-0.3, -0.25) is 24.1 Å². The normalized spacial score (nSPS) is 18.5. The molecule has 2 fully saturated rings. The maximum absolute atomic E-state index is 13.0. The smallest absolute Gasteiger partial charge is 0.409 e. The van der Waals surface area contributed by atoms with E-state index in [4.69, 9.17) is 4.74 Å². The van der Waals surface area contributed by atoms with Crippen LogP contribution < -0.4 is 16.0 Å². The summed E-state index contributed by atoms with van der Waals surface area (Å²) in [5.74, 6) is -1.20. The van der Waals surface area contributed by atoms with Gasteiger partial charge in [0.1, 0.15) is 6.04 Å². The Kier molecular flexibility index (Phi) is 9.01. The second-order valence-electron chi connectivity index (χ2n) is 8.37. The van der Waals surface area contributed by atoms with Crippen LogP contribution in [0, 0.1) is 0 Å². The number of carbonyl (C=O) groups excluding carboxylic acids is 5. The summed E-state index contributed by atoms with van der Waals surface area (Å²) in [4.78, 5) is 66.2. The molecule has 0 radical (unpaired) electrons. The first-order valence-electron chi connectivity index (χ1n) is 11.7. The third-order valence-corrected chi connectivity index (χ3v) is 5.78. The van der Waals surface area contributed by atoms with Crippen molar-refractivity contribution in [3.8, 4) is 0 Å². The molecule has 1 atom stereocenters. The van der Waals surface area contributed by atoms with E-state index in [-0.39, 0.29) is 36.8 Å². The van der Waals surface area contributed by atoms with E-state index < -0.39 is 11.9 Å². The number of carbonyl (C=O) groups is 5. The van der Waals surface area contributed by atoms with Crippen LogP contribution in [0.2, 0.25) is 0 Å². The van der Waals surface area contributed by atoms with Crippen LogP contribution >= 0.6 is 0 Å². The first-order chi connectivity index (χ1) is 16.8. The molecule has 3 rings (SSSR count). The Hall–Kier alpha value is -3.67. The second-order valence-corrected chi connectivity index (χ2v) is 8.37. The van der Waals surface area contributed by atoms with Gasteiger partial charge in [-0.25, -0.2) is 4.79 Å². The van der Waals surface area contributed by atoms with Gasteiger partial charge in [0.2, 0.25) is 23.6 Å². The van der Waals surface area contributed by atoms with Crippen LogP contribution in [-0.4, -0.2) is 103 Å². The first kappa shape index (κ1) is 25.9. The SMILES string of the molecule is CCOC(=O)N1CCN(CC(=O)N2CCNC(=O)[C@@H]2CC(=O)Nc2ccc(NC(C)=O)cc2)CC1. The van der Waals surface area contributed by atoms with Gasteiger partial charge in [-0.05, 0) is 31.2 Å². The highest BCUT2D eigenvalue weighted by atomic mass is 16.6. The van der Waals surface area contributed by atoms with Gasteiger partial charge in [0.05, 0.1) is 19.6 Å². The molecule has 3 N–H and O–H groups in total. The predicted octanol–water partition coefficient (Wildman–Crippen LogP) is 0.0747. The number of hydrogen-bond donors (Lipinski definition) is 3. The minimum Gasteiger partial charge on any atom is -0.450 e. The van der Waals surface area contributed by atoms with E-state index in [9.17, 15) is 24.0 Å². The average Bonchev–Trinajstić information content (AvgIpc) is 2.82. The molecule has 0 aromatic heterocycles. The lowest BCUT2D eigenvalue weighted by molar-refractivity contribution is -0.145. The summed E-state index contributed by atoms with van der Waals surface area (Å²) in [6.07, 6.45) is -0.538. The predicted molar refractivity (Wildman–Crippen MR) is 128 cm³/mol. The van der Waals surface area contributed by atoms with E-state index in [1.54, 1.807) is 36.1 Å². The van der Waals surface area contributed by atoms with Crippen molar-refractivity contribution in [2.75, 3.05) is 63.1 Å². The molecule has 0 aliphatic carbocycles. The Balaban J connectivity index is 1.54. The molecule has 2 saturated heterocycles. The summed E-state index contributed by atoms with van der Waals surface area (Å²) in [5.41, 5.74) is 1.11. The fraction of sp³-hybridized carbons (Fsp3) is 0.522. The molecule has 1 aromatic rings. The number of nitrogens with one attached hydrogen (secondary N) is 3. The number of ether oxygens (including phenoxy) is 1. The van der Waals surface area contributed by atoms with Crippen LogP contribution in [0.4, 0.5) is 16.2 Å². The van der Waals surface area contributed by atoms with Crippen LogP contribution in [0.5, 0.6) is 0 Å². The molecule has 12 nitrogen and oxygen atoms in total. The number of hydrogen-bond acceptors (Lipinski definition) is 7. The highest BCUT2D eigenvalue weighted by molar-refractivity contribution is 5.98. The Labute approximate surface area is 203 Å². The summed E-state index contributed by atoms with van der Waals surface area (Å²) < 4.78 is 5.01. The fourth-order valence-electron chi connectivity index (χ4n) is 4.03. The molecule has 190 valence electrons. The minimum atomic E-state index is -0.907. The van der Waals surface area contributed by atoms with E-state index >= 15 is 0 Å². The molecular formula is C23H32N6O6.